The number of nitrogens with zero attached hydrogens (tertiary/aromatic N) is 6. The lowest BCUT2D eigenvalue weighted by Gasteiger charge is -2.10. The molecule has 0 atom stereocenters. The van der Waals surface area contributed by atoms with E-state index in [0.717, 1.165) is 16.9 Å². The fourth-order valence-corrected chi connectivity index (χ4v) is 4.00. The fourth-order valence-electron chi connectivity index (χ4n) is 3.38. The van der Waals surface area contributed by atoms with Crippen molar-refractivity contribution in [3.63, 3.8) is 0 Å². The molecule has 0 fully saturated rings. The second-order valence-electron chi connectivity index (χ2n) is 7.62. The quantitative estimate of drug-likeness (QED) is 0.145. The van der Waals surface area contributed by atoms with Crippen molar-refractivity contribution in [2.24, 2.45) is 5.10 Å². The number of nitro benzene ring substituents is 1. The van der Waals surface area contributed by atoms with Crippen LogP contribution in [0.1, 0.15) is 24.7 Å². The summed E-state index contributed by atoms with van der Waals surface area (Å²) in [5, 5.41) is 27.0. The summed E-state index contributed by atoms with van der Waals surface area (Å²) in [5.74, 6) is 0.00998. The first-order valence-electron chi connectivity index (χ1n) is 10.7. The Morgan fingerprint density at radius 1 is 1.16 bits per heavy atom. The Kier molecular flexibility index (Phi) is 7.55. The molecule has 0 saturated heterocycles. The number of benzene rings is 2. The third-order valence-electron chi connectivity index (χ3n) is 5.05. The van der Waals surface area contributed by atoms with Crippen molar-refractivity contribution >= 4 is 56.0 Å². The smallest absolute Gasteiger partial charge is 0.313 e. The first-order chi connectivity index (χ1) is 17.7. The van der Waals surface area contributed by atoms with Crippen LogP contribution >= 0.6 is 27.5 Å². The minimum atomic E-state index is -0.701. The van der Waals surface area contributed by atoms with E-state index in [0.29, 0.717) is 34.0 Å². The number of rotatable bonds is 8. The molecule has 0 N–H and O–H groups in total. The van der Waals surface area contributed by atoms with E-state index in [2.05, 4.69) is 31.0 Å². The Morgan fingerprint density at radius 3 is 2.59 bits per heavy atom. The van der Waals surface area contributed by atoms with Crippen LogP contribution in [-0.2, 0) is 6.42 Å². The van der Waals surface area contributed by atoms with Crippen LogP contribution in [0.25, 0.3) is 10.9 Å². The Bertz CT molecular complexity index is 1620. The molecule has 37 heavy (non-hydrogen) atoms. The van der Waals surface area contributed by atoms with Crippen LogP contribution in [-0.4, -0.2) is 30.7 Å². The molecule has 4 rings (SSSR count). The molecule has 0 amide bonds. The van der Waals surface area contributed by atoms with Crippen molar-refractivity contribution in [3.05, 3.63) is 100 Å². The summed E-state index contributed by atoms with van der Waals surface area (Å²) in [6.07, 6.45) is 3.41. The van der Waals surface area contributed by atoms with Gasteiger partial charge in [0.15, 0.2) is 0 Å². The molecular weight excluding hydrogens is 572 g/mol. The van der Waals surface area contributed by atoms with E-state index < -0.39 is 21.1 Å². The highest BCUT2D eigenvalue weighted by molar-refractivity contribution is 9.10. The monoisotopic (exact) mass is 586 g/mol. The summed E-state index contributed by atoms with van der Waals surface area (Å²) < 4.78 is 7.32. The highest BCUT2D eigenvalue weighted by Gasteiger charge is 2.22. The maximum absolute atomic E-state index is 13.1. The highest BCUT2D eigenvalue weighted by atomic mass is 79.9. The van der Waals surface area contributed by atoms with Crippen molar-refractivity contribution < 1.29 is 14.6 Å². The van der Waals surface area contributed by atoms with Crippen molar-refractivity contribution in [1.29, 1.82) is 0 Å². The van der Waals surface area contributed by atoms with Gasteiger partial charge in [-0.1, -0.05) is 34.5 Å². The Balaban J connectivity index is 1.74. The number of halogens is 2. The van der Waals surface area contributed by atoms with E-state index in [1.54, 1.807) is 18.2 Å². The summed E-state index contributed by atoms with van der Waals surface area (Å²) in [6.45, 7) is 1.94. The summed E-state index contributed by atoms with van der Waals surface area (Å²) in [5.41, 5.74) is -0.396. The van der Waals surface area contributed by atoms with E-state index in [1.807, 2.05) is 6.92 Å². The molecule has 14 heteroatoms. The number of fused-ring (bicyclic) bond motifs is 1. The summed E-state index contributed by atoms with van der Waals surface area (Å²) >= 11 is 9.63. The molecule has 0 aliphatic rings. The maximum Gasteiger partial charge on any atom is 0.313 e. The normalized spacial score (nSPS) is 11.2. The Hall–Kier alpha value is -4.23. The fraction of sp³-hybridized carbons (Fsp3) is 0.130. The van der Waals surface area contributed by atoms with Gasteiger partial charge in [0.05, 0.1) is 32.0 Å². The molecule has 2 aromatic heterocycles. The molecular formula is C23H16BrClN6O6. The van der Waals surface area contributed by atoms with E-state index in [-0.39, 0.29) is 27.9 Å². The molecule has 2 heterocycles. The van der Waals surface area contributed by atoms with Gasteiger partial charge >= 0.3 is 5.69 Å². The lowest BCUT2D eigenvalue weighted by molar-refractivity contribution is -0.385. The van der Waals surface area contributed by atoms with Gasteiger partial charge in [-0.05, 0) is 30.7 Å². The number of pyridine rings is 1. The van der Waals surface area contributed by atoms with E-state index in [9.17, 15) is 25.0 Å². The summed E-state index contributed by atoms with van der Waals surface area (Å²) in [6, 6.07) is 10.0. The van der Waals surface area contributed by atoms with Gasteiger partial charge in [0.25, 0.3) is 11.2 Å². The van der Waals surface area contributed by atoms with Crippen molar-refractivity contribution in [3.8, 4) is 11.6 Å². The molecule has 0 bridgehead atoms. The highest BCUT2D eigenvalue weighted by Crippen LogP contribution is 2.38. The molecule has 2 aromatic carbocycles. The van der Waals surface area contributed by atoms with Gasteiger partial charge in [0.2, 0.25) is 11.6 Å². The van der Waals surface area contributed by atoms with Gasteiger partial charge in [-0.15, -0.1) is 0 Å². The zero-order chi connectivity index (χ0) is 26.7. The lowest BCUT2D eigenvalue weighted by Crippen LogP contribution is -2.22. The number of ether oxygens (including phenoxy) is 1. The van der Waals surface area contributed by atoms with E-state index in [1.165, 1.54) is 24.4 Å². The van der Waals surface area contributed by atoms with Crippen LogP contribution < -0.4 is 10.3 Å². The zero-order valence-electron chi connectivity index (χ0n) is 19.0. The lowest BCUT2D eigenvalue weighted by atomic mass is 10.2. The van der Waals surface area contributed by atoms with Gasteiger partial charge in [0, 0.05) is 34.7 Å². The zero-order valence-corrected chi connectivity index (χ0v) is 21.3. The summed E-state index contributed by atoms with van der Waals surface area (Å²) in [7, 11) is 0. The largest absolute Gasteiger partial charge is 0.430 e. The third kappa shape index (κ3) is 5.62. The minimum absolute atomic E-state index is 0.124. The van der Waals surface area contributed by atoms with Crippen LogP contribution in [0, 0.1) is 20.2 Å². The second-order valence-corrected chi connectivity index (χ2v) is 8.95. The van der Waals surface area contributed by atoms with Crippen LogP contribution in [0.5, 0.6) is 11.6 Å². The Labute approximate surface area is 221 Å². The van der Waals surface area contributed by atoms with Crippen LogP contribution in [0.4, 0.5) is 11.4 Å². The van der Waals surface area contributed by atoms with Gasteiger partial charge in [-0.2, -0.15) is 9.78 Å². The molecule has 0 spiro atoms. The van der Waals surface area contributed by atoms with E-state index >= 15 is 0 Å². The maximum atomic E-state index is 13.1. The number of hydrogen-bond acceptors (Lipinski definition) is 9. The van der Waals surface area contributed by atoms with Crippen LogP contribution in [0.2, 0.25) is 5.02 Å². The number of aromatic nitrogens is 3. The van der Waals surface area contributed by atoms with Gasteiger partial charge in [0.1, 0.15) is 12.0 Å². The molecule has 0 unspecified atom stereocenters. The molecule has 12 nitrogen and oxygen atoms in total. The minimum Gasteiger partial charge on any atom is -0.430 e. The SMILES string of the molecule is CCCc1nc2ccc(Br)cc2c(=O)n1N=Cc1cc(Cl)c(Oc2ccc([N+](=O)[O-])cn2)c([N+](=O)[O-])c1. The van der Waals surface area contributed by atoms with Crippen LogP contribution in [0.15, 0.2) is 63.0 Å². The summed E-state index contributed by atoms with van der Waals surface area (Å²) in [4.78, 5) is 42.7. The molecule has 0 aliphatic carbocycles. The standard InChI is InChI=1S/C23H16BrClN6O6/c1-2-3-20-28-18-6-4-14(24)10-16(18)23(32)29(20)27-11-13-8-17(25)22(19(9-13)31(35)36)37-21-7-5-15(12-26-21)30(33)34/h4-12H,2-3H2,1H3. The predicted molar refractivity (Wildman–Crippen MR) is 140 cm³/mol. The number of aryl methyl sites for hydroxylation is 1. The molecule has 188 valence electrons. The van der Waals surface area contributed by atoms with Crippen molar-refractivity contribution in [1.82, 2.24) is 14.6 Å². The molecule has 0 aliphatic heterocycles. The van der Waals surface area contributed by atoms with E-state index in [4.69, 9.17) is 16.3 Å². The van der Waals surface area contributed by atoms with Gasteiger partial charge in [-0.25, -0.2) is 9.97 Å². The number of hydrogen-bond donors (Lipinski definition) is 0. The first-order valence-corrected chi connectivity index (χ1v) is 11.9. The van der Waals surface area contributed by atoms with Gasteiger partial charge in [-0.3, -0.25) is 25.0 Å². The second kappa shape index (κ2) is 10.8. The predicted octanol–water partition coefficient (Wildman–Crippen LogP) is 5.65. The average Bonchev–Trinajstić information content (AvgIpc) is 2.86. The number of nitro groups is 2. The van der Waals surface area contributed by atoms with Crippen molar-refractivity contribution in [2.45, 2.75) is 19.8 Å². The van der Waals surface area contributed by atoms with Crippen molar-refractivity contribution in [2.75, 3.05) is 0 Å². The van der Waals surface area contributed by atoms with Gasteiger partial charge < -0.3 is 4.74 Å². The molecule has 0 radical (unpaired) electrons. The third-order valence-corrected chi connectivity index (χ3v) is 5.83. The molecule has 0 saturated carbocycles. The average molecular weight is 588 g/mol. The Morgan fingerprint density at radius 2 is 1.95 bits per heavy atom. The molecule has 4 aromatic rings. The first kappa shape index (κ1) is 25.9. The topological polar surface area (TPSA) is 156 Å². The van der Waals surface area contributed by atoms with Crippen LogP contribution in [0.3, 0.4) is 0 Å².